The molecule has 0 fully saturated rings. The van der Waals surface area contributed by atoms with Crippen LogP contribution in [0.5, 0.6) is 5.75 Å². The van der Waals surface area contributed by atoms with Crippen LogP contribution in [0.2, 0.25) is 0 Å². The fourth-order valence-electron chi connectivity index (χ4n) is 12.3. The average Bonchev–Trinajstić information content (AvgIpc) is 4.19. The molecular formula is C73H50N2O2. The lowest BCUT2D eigenvalue weighted by Gasteiger charge is -2.16. The summed E-state index contributed by atoms with van der Waals surface area (Å²) in [5.74, 6) is 0.831. The number of hydrogen-bond donors (Lipinski definition) is 0. The summed E-state index contributed by atoms with van der Waals surface area (Å²) in [6.07, 6.45) is 4.30. The standard InChI is InChI=1S/C73H50N2O2/c1-3-18-46-31-34-60-58-25-13-15-28-66(58)75(69(60)37-46)56-42-53(39-54(43-56)63-45-65-62-35-32-49-23-17-30-70(76-4-2)71(49)73(62)77-72(65)61-27-12-11-24-57(61)63)50-33-36-68-64(44-50)59-26-14-16-29-67(59)74(68)55-40-51(47-19-7-5-8-20-47)38-52(41-55)48-21-9-6-10-22-48/h3,5-45H,4H2,1-2H3/b18-3+. The number of benzene rings is 12. The topological polar surface area (TPSA) is 32.2 Å². The fraction of sp³-hybridized carbons (Fsp3) is 0.0411. The zero-order valence-corrected chi connectivity index (χ0v) is 42.7. The highest BCUT2D eigenvalue weighted by Crippen LogP contribution is 2.46. The van der Waals surface area contributed by atoms with Gasteiger partial charge in [-0.2, -0.15) is 0 Å². The van der Waals surface area contributed by atoms with Gasteiger partial charge in [-0.25, -0.2) is 0 Å². The minimum absolute atomic E-state index is 0.567. The number of furan rings is 1. The van der Waals surface area contributed by atoms with Crippen LogP contribution in [0.1, 0.15) is 19.4 Å². The Hall–Kier alpha value is -9.90. The predicted molar refractivity (Wildman–Crippen MR) is 325 cm³/mol. The van der Waals surface area contributed by atoms with Gasteiger partial charge >= 0.3 is 0 Å². The molecule has 0 aliphatic carbocycles. The number of para-hydroxylation sites is 2. The van der Waals surface area contributed by atoms with E-state index in [1.165, 1.54) is 43.8 Å². The quantitative estimate of drug-likeness (QED) is 0.144. The molecule has 0 amide bonds. The van der Waals surface area contributed by atoms with E-state index in [1.807, 2.05) is 13.0 Å². The zero-order chi connectivity index (χ0) is 51.1. The third-order valence-corrected chi connectivity index (χ3v) is 15.7. The van der Waals surface area contributed by atoms with Gasteiger partial charge in [-0.05, 0) is 160 Å². The van der Waals surface area contributed by atoms with Gasteiger partial charge in [0, 0.05) is 49.1 Å². The molecule has 77 heavy (non-hydrogen) atoms. The Balaban J connectivity index is 0.995. The number of ether oxygens (including phenoxy) is 1. The van der Waals surface area contributed by atoms with E-state index < -0.39 is 0 Å². The van der Waals surface area contributed by atoms with Crippen molar-refractivity contribution in [2.24, 2.45) is 0 Å². The van der Waals surface area contributed by atoms with Crippen molar-refractivity contribution in [1.82, 2.24) is 9.13 Å². The summed E-state index contributed by atoms with van der Waals surface area (Å²) in [5, 5.41) is 11.3. The summed E-state index contributed by atoms with van der Waals surface area (Å²) in [6, 6.07) is 89.0. The van der Waals surface area contributed by atoms with Crippen LogP contribution >= 0.6 is 0 Å². The predicted octanol–water partition coefficient (Wildman–Crippen LogP) is 20.2. The maximum absolute atomic E-state index is 7.04. The number of nitrogens with zero attached hydrogens (tertiary/aromatic N) is 2. The first kappa shape index (κ1) is 44.6. The normalized spacial score (nSPS) is 12.0. The van der Waals surface area contributed by atoms with Gasteiger partial charge in [0.05, 0.1) is 34.1 Å². The molecule has 4 nitrogen and oxygen atoms in total. The van der Waals surface area contributed by atoms with Crippen LogP contribution in [0.3, 0.4) is 0 Å². The van der Waals surface area contributed by atoms with Crippen molar-refractivity contribution in [1.29, 1.82) is 0 Å². The van der Waals surface area contributed by atoms with Crippen LogP contribution in [0.4, 0.5) is 0 Å². The third-order valence-electron chi connectivity index (χ3n) is 15.7. The maximum Gasteiger partial charge on any atom is 0.147 e. The highest BCUT2D eigenvalue weighted by molar-refractivity contribution is 6.24. The molecule has 0 saturated heterocycles. The van der Waals surface area contributed by atoms with Gasteiger partial charge in [0.25, 0.3) is 0 Å². The van der Waals surface area contributed by atoms with Crippen LogP contribution in [0.25, 0.3) is 149 Å². The highest BCUT2D eigenvalue weighted by atomic mass is 16.5. The van der Waals surface area contributed by atoms with E-state index in [9.17, 15) is 0 Å². The molecule has 0 atom stereocenters. The molecule has 4 heteroatoms. The van der Waals surface area contributed by atoms with Gasteiger partial charge in [0.1, 0.15) is 16.9 Å². The third kappa shape index (κ3) is 7.21. The molecule has 0 radical (unpaired) electrons. The Morgan fingerprint density at radius 2 is 0.935 bits per heavy atom. The van der Waals surface area contributed by atoms with Gasteiger partial charge < -0.3 is 18.3 Å². The molecule has 0 bridgehead atoms. The SMILES string of the molecule is C/C=C/c1ccc2c3ccccc3n(-c3cc(-c4ccc5c(c4)c4ccccc4n5-c4cc(-c5ccccc5)cc(-c5ccccc5)c4)cc(-c4cc5c6ccc7cccc(OCC)c7c6oc5c5ccccc45)c3)c2c1. The summed E-state index contributed by atoms with van der Waals surface area (Å²) in [7, 11) is 0. The van der Waals surface area contributed by atoms with Crippen molar-refractivity contribution in [3.8, 4) is 61.6 Å². The molecule has 0 saturated carbocycles. The highest BCUT2D eigenvalue weighted by Gasteiger charge is 2.22. The molecule has 0 aliphatic rings. The minimum Gasteiger partial charge on any atom is -0.493 e. The van der Waals surface area contributed by atoms with E-state index in [2.05, 4.69) is 265 Å². The van der Waals surface area contributed by atoms with Gasteiger partial charge in [0.15, 0.2) is 0 Å². The van der Waals surface area contributed by atoms with Crippen LogP contribution in [0, 0.1) is 0 Å². The Kier molecular flexibility index (Phi) is 10.4. The van der Waals surface area contributed by atoms with Crippen molar-refractivity contribution in [3.63, 3.8) is 0 Å². The summed E-state index contributed by atoms with van der Waals surface area (Å²) in [5.41, 5.74) is 18.9. The number of aromatic nitrogens is 2. The molecule has 3 aromatic heterocycles. The van der Waals surface area contributed by atoms with Gasteiger partial charge in [-0.1, -0.05) is 170 Å². The smallest absolute Gasteiger partial charge is 0.147 e. The molecule has 0 aliphatic heterocycles. The number of allylic oxidation sites excluding steroid dienone is 1. The van der Waals surface area contributed by atoms with E-state index >= 15 is 0 Å². The minimum atomic E-state index is 0.567. The summed E-state index contributed by atoms with van der Waals surface area (Å²) >= 11 is 0. The second kappa shape index (κ2) is 17.9. The molecule has 0 spiro atoms. The summed E-state index contributed by atoms with van der Waals surface area (Å²) in [4.78, 5) is 0. The Bertz CT molecular complexity index is 4820. The van der Waals surface area contributed by atoms with Crippen molar-refractivity contribution in [2.45, 2.75) is 13.8 Å². The molecule has 12 aromatic carbocycles. The van der Waals surface area contributed by atoms with Gasteiger partial charge in [0.2, 0.25) is 0 Å². The summed E-state index contributed by atoms with van der Waals surface area (Å²) in [6.45, 7) is 4.68. The monoisotopic (exact) mass is 986 g/mol. The van der Waals surface area contributed by atoms with Gasteiger partial charge in [-0.15, -0.1) is 0 Å². The fourth-order valence-corrected chi connectivity index (χ4v) is 12.3. The van der Waals surface area contributed by atoms with Crippen LogP contribution in [-0.4, -0.2) is 15.7 Å². The first-order valence-electron chi connectivity index (χ1n) is 26.6. The van der Waals surface area contributed by atoms with Crippen molar-refractivity contribution >= 4 is 93.2 Å². The van der Waals surface area contributed by atoms with Crippen LogP contribution < -0.4 is 4.74 Å². The largest absolute Gasteiger partial charge is 0.493 e. The van der Waals surface area contributed by atoms with E-state index in [0.717, 1.165) is 110 Å². The Morgan fingerprint density at radius 3 is 1.64 bits per heavy atom. The average molecular weight is 987 g/mol. The van der Waals surface area contributed by atoms with Crippen molar-refractivity contribution in [2.75, 3.05) is 6.61 Å². The lowest BCUT2D eigenvalue weighted by atomic mass is 9.92. The molecular weight excluding hydrogens is 937 g/mol. The van der Waals surface area contributed by atoms with Crippen LogP contribution in [0.15, 0.2) is 253 Å². The maximum atomic E-state index is 7.04. The Labute approximate surface area is 445 Å². The number of rotatable bonds is 9. The van der Waals surface area contributed by atoms with E-state index in [-0.39, 0.29) is 0 Å². The second-order valence-electron chi connectivity index (χ2n) is 20.2. The molecule has 15 rings (SSSR count). The molecule has 3 heterocycles. The lowest BCUT2D eigenvalue weighted by molar-refractivity contribution is 0.344. The second-order valence-corrected chi connectivity index (χ2v) is 20.2. The Morgan fingerprint density at radius 1 is 0.377 bits per heavy atom. The summed E-state index contributed by atoms with van der Waals surface area (Å²) < 4.78 is 18.2. The van der Waals surface area contributed by atoms with E-state index in [1.54, 1.807) is 0 Å². The molecule has 364 valence electrons. The molecule has 15 aromatic rings. The number of hydrogen-bond acceptors (Lipinski definition) is 2. The lowest BCUT2D eigenvalue weighted by Crippen LogP contribution is -1.97. The molecule has 0 N–H and O–H groups in total. The first-order chi connectivity index (χ1) is 38.1. The van der Waals surface area contributed by atoms with Crippen molar-refractivity contribution < 1.29 is 9.15 Å². The van der Waals surface area contributed by atoms with Crippen LogP contribution in [-0.2, 0) is 0 Å². The van der Waals surface area contributed by atoms with E-state index in [0.29, 0.717) is 6.61 Å². The zero-order valence-electron chi connectivity index (χ0n) is 42.7. The van der Waals surface area contributed by atoms with Crippen molar-refractivity contribution in [3.05, 3.63) is 254 Å². The van der Waals surface area contributed by atoms with Gasteiger partial charge in [-0.3, -0.25) is 0 Å². The number of fused-ring (bicyclic) bond motifs is 13. The molecule has 0 unspecified atom stereocenters. The van der Waals surface area contributed by atoms with E-state index in [4.69, 9.17) is 9.15 Å². The first-order valence-corrected chi connectivity index (χ1v) is 26.6.